The van der Waals surface area contributed by atoms with Crippen LogP contribution >= 0.6 is 36.4 Å². The Balaban J connectivity index is 0. The molecule has 0 aliphatic carbocycles. The maximum Gasteiger partial charge on any atom is 0.0583 e. The molecule has 2 nitrogen and oxygen atoms in total. The summed E-state index contributed by atoms with van der Waals surface area (Å²) in [7, 11) is 0. The van der Waals surface area contributed by atoms with E-state index in [0.29, 0.717) is 6.54 Å². The minimum atomic E-state index is 0. The minimum absolute atomic E-state index is 0. The van der Waals surface area contributed by atoms with Gasteiger partial charge in [-0.25, -0.2) is 0 Å². The standard InChI is InChI=1S/C7H9ClN2.2ClH/c1-5-6(8)2-3-10-7(5)4-9;;/h2-3H,4,9H2,1H3;2*1H. The quantitative estimate of drug-likeness (QED) is 0.803. The molecule has 0 saturated carbocycles. The highest BCUT2D eigenvalue weighted by Gasteiger charge is 1.99. The number of hydrogen-bond donors (Lipinski definition) is 1. The van der Waals surface area contributed by atoms with Crippen LogP contribution in [0.25, 0.3) is 0 Å². The van der Waals surface area contributed by atoms with Gasteiger partial charge in [-0.2, -0.15) is 0 Å². The normalized spacial score (nSPS) is 8.25. The molecule has 0 radical (unpaired) electrons. The molecule has 0 amide bonds. The molecule has 1 rings (SSSR count). The van der Waals surface area contributed by atoms with E-state index in [9.17, 15) is 0 Å². The molecule has 1 heterocycles. The lowest BCUT2D eigenvalue weighted by Crippen LogP contribution is -2.01. The Hall–Kier alpha value is -0.0200. The highest BCUT2D eigenvalue weighted by atomic mass is 35.5. The van der Waals surface area contributed by atoms with Gasteiger partial charge in [-0.3, -0.25) is 4.98 Å². The molecule has 0 saturated heterocycles. The number of nitrogens with two attached hydrogens (primary N) is 1. The molecule has 12 heavy (non-hydrogen) atoms. The van der Waals surface area contributed by atoms with Gasteiger partial charge in [-0.05, 0) is 18.6 Å². The zero-order chi connectivity index (χ0) is 7.56. The predicted octanol–water partition coefficient (Wildman–Crippen LogP) is 2.35. The largest absolute Gasteiger partial charge is 0.325 e. The Morgan fingerprint density at radius 2 is 2.08 bits per heavy atom. The zero-order valence-corrected chi connectivity index (χ0v) is 8.97. The molecule has 0 aliphatic heterocycles. The fourth-order valence-electron chi connectivity index (χ4n) is 0.758. The van der Waals surface area contributed by atoms with Crippen LogP contribution in [-0.4, -0.2) is 4.98 Å². The minimum Gasteiger partial charge on any atom is -0.325 e. The average Bonchev–Trinajstić information content (AvgIpc) is 1.95. The summed E-state index contributed by atoms with van der Waals surface area (Å²) in [5.74, 6) is 0. The Labute approximate surface area is 89.3 Å². The molecule has 0 bridgehead atoms. The summed E-state index contributed by atoms with van der Waals surface area (Å²) < 4.78 is 0. The maximum atomic E-state index is 5.80. The zero-order valence-electron chi connectivity index (χ0n) is 6.58. The lowest BCUT2D eigenvalue weighted by molar-refractivity contribution is 0.969. The van der Waals surface area contributed by atoms with E-state index >= 15 is 0 Å². The number of aromatic nitrogens is 1. The van der Waals surface area contributed by atoms with E-state index in [2.05, 4.69) is 4.98 Å². The molecule has 70 valence electrons. The second-order valence-electron chi connectivity index (χ2n) is 2.07. The van der Waals surface area contributed by atoms with Crippen molar-refractivity contribution in [3.63, 3.8) is 0 Å². The Morgan fingerprint density at radius 1 is 1.50 bits per heavy atom. The molecule has 0 aromatic carbocycles. The van der Waals surface area contributed by atoms with E-state index in [4.69, 9.17) is 17.3 Å². The van der Waals surface area contributed by atoms with Crippen LogP contribution in [-0.2, 0) is 6.54 Å². The van der Waals surface area contributed by atoms with Gasteiger partial charge < -0.3 is 5.73 Å². The summed E-state index contributed by atoms with van der Waals surface area (Å²) in [6, 6.07) is 1.76. The third-order valence-electron chi connectivity index (χ3n) is 1.44. The first-order chi connectivity index (χ1) is 4.75. The molecule has 2 N–H and O–H groups in total. The number of nitrogens with zero attached hydrogens (tertiary/aromatic N) is 1. The van der Waals surface area contributed by atoms with Crippen molar-refractivity contribution >= 4 is 36.4 Å². The van der Waals surface area contributed by atoms with Crippen molar-refractivity contribution < 1.29 is 0 Å². The topological polar surface area (TPSA) is 38.9 Å². The molecule has 0 fully saturated rings. The number of halogens is 3. The maximum absolute atomic E-state index is 5.80. The van der Waals surface area contributed by atoms with Gasteiger partial charge in [0.15, 0.2) is 0 Å². The number of hydrogen-bond acceptors (Lipinski definition) is 2. The third-order valence-corrected chi connectivity index (χ3v) is 1.85. The lowest BCUT2D eigenvalue weighted by atomic mass is 10.2. The first-order valence-corrected chi connectivity index (χ1v) is 3.43. The second kappa shape index (κ2) is 6.49. The molecule has 0 aliphatic rings. The molecular formula is C7H11Cl3N2. The fourth-order valence-corrected chi connectivity index (χ4v) is 0.924. The van der Waals surface area contributed by atoms with E-state index in [-0.39, 0.29) is 24.8 Å². The molecule has 1 aromatic heterocycles. The predicted molar refractivity (Wildman–Crippen MR) is 56.4 cm³/mol. The summed E-state index contributed by atoms with van der Waals surface area (Å²) in [5, 5.41) is 0.732. The van der Waals surface area contributed by atoms with Gasteiger partial charge in [-0.15, -0.1) is 24.8 Å². The molecule has 1 aromatic rings. The van der Waals surface area contributed by atoms with E-state index in [0.717, 1.165) is 16.3 Å². The lowest BCUT2D eigenvalue weighted by Gasteiger charge is -2.01. The summed E-state index contributed by atoms with van der Waals surface area (Å²) in [4.78, 5) is 4.05. The third kappa shape index (κ3) is 3.15. The van der Waals surface area contributed by atoms with Crippen LogP contribution in [0, 0.1) is 6.92 Å². The van der Waals surface area contributed by atoms with Crippen LogP contribution in [0.1, 0.15) is 11.3 Å². The van der Waals surface area contributed by atoms with Crippen molar-refractivity contribution in [1.82, 2.24) is 4.98 Å². The Morgan fingerprint density at radius 3 is 2.50 bits per heavy atom. The SMILES string of the molecule is Cc1c(Cl)ccnc1CN.Cl.Cl. The number of rotatable bonds is 1. The second-order valence-corrected chi connectivity index (χ2v) is 2.48. The summed E-state index contributed by atoms with van der Waals surface area (Å²) in [5.41, 5.74) is 7.24. The van der Waals surface area contributed by atoms with Crippen molar-refractivity contribution in [3.8, 4) is 0 Å². The molecular weight excluding hydrogens is 218 g/mol. The van der Waals surface area contributed by atoms with E-state index in [1.165, 1.54) is 0 Å². The Bertz CT molecular complexity index is 240. The smallest absolute Gasteiger partial charge is 0.0583 e. The van der Waals surface area contributed by atoms with Gasteiger partial charge in [0.2, 0.25) is 0 Å². The van der Waals surface area contributed by atoms with Gasteiger partial charge in [0.1, 0.15) is 0 Å². The van der Waals surface area contributed by atoms with Crippen LogP contribution in [0.4, 0.5) is 0 Å². The van der Waals surface area contributed by atoms with Crippen LogP contribution < -0.4 is 5.73 Å². The van der Waals surface area contributed by atoms with Crippen LogP contribution in [0.3, 0.4) is 0 Å². The van der Waals surface area contributed by atoms with Crippen LogP contribution in [0.15, 0.2) is 12.3 Å². The van der Waals surface area contributed by atoms with Crippen LogP contribution in [0.5, 0.6) is 0 Å². The summed E-state index contributed by atoms with van der Waals surface area (Å²) in [6.07, 6.45) is 1.66. The molecule has 0 spiro atoms. The van der Waals surface area contributed by atoms with Crippen molar-refractivity contribution in [2.75, 3.05) is 0 Å². The Kier molecular flexibility index (Phi) is 7.84. The number of pyridine rings is 1. The van der Waals surface area contributed by atoms with Gasteiger partial charge in [0.25, 0.3) is 0 Å². The van der Waals surface area contributed by atoms with E-state index < -0.39 is 0 Å². The van der Waals surface area contributed by atoms with Crippen LogP contribution in [0.2, 0.25) is 5.02 Å². The molecule has 0 atom stereocenters. The fraction of sp³-hybridized carbons (Fsp3) is 0.286. The first kappa shape index (κ1) is 14.5. The van der Waals surface area contributed by atoms with Gasteiger partial charge in [0.05, 0.1) is 5.69 Å². The first-order valence-electron chi connectivity index (χ1n) is 3.05. The van der Waals surface area contributed by atoms with Gasteiger partial charge >= 0.3 is 0 Å². The van der Waals surface area contributed by atoms with Crippen molar-refractivity contribution in [2.45, 2.75) is 13.5 Å². The molecule has 0 unspecified atom stereocenters. The van der Waals surface area contributed by atoms with Crippen molar-refractivity contribution in [2.24, 2.45) is 5.73 Å². The van der Waals surface area contributed by atoms with E-state index in [1.54, 1.807) is 12.3 Å². The van der Waals surface area contributed by atoms with E-state index in [1.807, 2.05) is 6.92 Å². The molecule has 5 heteroatoms. The average molecular weight is 230 g/mol. The highest BCUT2D eigenvalue weighted by Crippen LogP contribution is 2.15. The van der Waals surface area contributed by atoms with Gasteiger partial charge in [0, 0.05) is 17.8 Å². The summed E-state index contributed by atoms with van der Waals surface area (Å²) >= 11 is 5.80. The highest BCUT2D eigenvalue weighted by molar-refractivity contribution is 6.31. The van der Waals surface area contributed by atoms with Crippen molar-refractivity contribution in [3.05, 3.63) is 28.5 Å². The van der Waals surface area contributed by atoms with Crippen molar-refractivity contribution in [1.29, 1.82) is 0 Å². The van der Waals surface area contributed by atoms with Gasteiger partial charge in [-0.1, -0.05) is 11.6 Å². The summed E-state index contributed by atoms with van der Waals surface area (Å²) in [6.45, 7) is 2.37. The monoisotopic (exact) mass is 228 g/mol.